The first-order valence-corrected chi connectivity index (χ1v) is 12.8. The third kappa shape index (κ3) is 7.26. The monoisotopic (exact) mass is 492 g/mol. The van der Waals surface area contributed by atoms with Gasteiger partial charge in [0.25, 0.3) is 5.91 Å². The lowest BCUT2D eigenvalue weighted by Crippen LogP contribution is -2.33. The molecule has 0 aliphatic carbocycles. The Balaban J connectivity index is 1.47. The van der Waals surface area contributed by atoms with Crippen molar-refractivity contribution in [2.45, 2.75) is 39.0 Å². The predicted octanol–water partition coefficient (Wildman–Crippen LogP) is 5.33. The largest absolute Gasteiger partial charge is 0.462 e. The summed E-state index contributed by atoms with van der Waals surface area (Å²) in [5.41, 5.74) is 3.60. The van der Waals surface area contributed by atoms with Crippen LogP contribution in [0.1, 0.15) is 47.3 Å². The van der Waals surface area contributed by atoms with Crippen LogP contribution in [0.5, 0.6) is 6.01 Å². The van der Waals surface area contributed by atoms with Gasteiger partial charge >= 0.3 is 6.01 Å². The van der Waals surface area contributed by atoms with Crippen LogP contribution < -0.4 is 10.1 Å². The molecule has 1 aromatic heterocycles. The smallest absolute Gasteiger partial charge is 0.317 e. The molecular weight excluding hydrogens is 460 g/mol. The molecule has 0 spiro atoms. The van der Waals surface area contributed by atoms with Crippen LogP contribution in [0.2, 0.25) is 5.02 Å². The number of halogens is 1. The first-order valence-electron chi connectivity index (χ1n) is 12.4. The van der Waals surface area contributed by atoms with E-state index in [-0.39, 0.29) is 11.9 Å². The Morgan fingerprint density at radius 3 is 2.63 bits per heavy atom. The number of benzene rings is 2. The normalized spacial score (nSPS) is 14.0. The van der Waals surface area contributed by atoms with Gasteiger partial charge in [0.15, 0.2) is 0 Å². The number of hydrogen-bond donors (Lipinski definition) is 1. The predicted molar refractivity (Wildman–Crippen MR) is 140 cm³/mol. The summed E-state index contributed by atoms with van der Waals surface area (Å²) in [6.45, 7) is 5.97. The van der Waals surface area contributed by atoms with Crippen molar-refractivity contribution >= 4 is 17.5 Å². The number of likely N-dealkylation sites (tertiary alicyclic amines) is 1. The molecule has 1 saturated heterocycles. The quantitative estimate of drug-likeness (QED) is 0.387. The van der Waals surface area contributed by atoms with Gasteiger partial charge in [0.2, 0.25) is 0 Å². The summed E-state index contributed by atoms with van der Waals surface area (Å²) in [4.78, 5) is 24.8. The standard InChI is InChI=1S/C28H33ClN4O2/c1-21-25(27(34)30-15-9-12-22-10-4-2-5-11-22)26(23-13-8-14-24(29)20-23)32-28(31-21)35-19-18-33-16-6-3-7-17-33/h2,4-5,8,10-11,13-14,20H,3,6-7,9,12,15-19H2,1H3,(H,30,34). The van der Waals surface area contributed by atoms with Crippen LogP contribution in [0.25, 0.3) is 11.3 Å². The fraction of sp³-hybridized carbons (Fsp3) is 0.393. The summed E-state index contributed by atoms with van der Waals surface area (Å²) in [5, 5.41) is 3.62. The van der Waals surface area contributed by atoms with E-state index in [1.54, 1.807) is 6.07 Å². The summed E-state index contributed by atoms with van der Waals surface area (Å²) < 4.78 is 5.94. The topological polar surface area (TPSA) is 67.3 Å². The second kappa shape index (κ2) is 12.7. The molecule has 0 unspecified atom stereocenters. The van der Waals surface area contributed by atoms with E-state index in [0.717, 1.165) is 38.0 Å². The highest BCUT2D eigenvalue weighted by Crippen LogP contribution is 2.28. The highest BCUT2D eigenvalue weighted by molar-refractivity contribution is 6.30. The van der Waals surface area contributed by atoms with Gasteiger partial charge in [-0.15, -0.1) is 0 Å². The van der Waals surface area contributed by atoms with E-state index >= 15 is 0 Å². The van der Waals surface area contributed by atoms with Crippen molar-refractivity contribution < 1.29 is 9.53 Å². The molecule has 1 fully saturated rings. The maximum Gasteiger partial charge on any atom is 0.317 e. The molecule has 1 aliphatic rings. The van der Waals surface area contributed by atoms with Gasteiger partial charge in [-0.1, -0.05) is 60.5 Å². The van der Waals surface area contributed by atoms with E-state index in [1.807, 2.05) is 43.3 Å². The summed E-state index contributed by atoms with van der Waals surface area (Å²) >= 11 is 6.26. The highest BCUT2D eigenvalue weighted by Gasteiger charge is 2.21. The van der Waals surface area contributed by atoms with Crippen molar-refractivity contribution in [3.8, 4) is 17.3 Å². The van der Waals surface area contributed by atoms with Crippen LogP contribution in [0.15, 0.2) is 54.6 Å². The first-order chi connectivity index (χ1) is 17.1. The Labute approximate surface area is 212 Å². The Morgan fingerprint density at radius 2 is 1.86 bits per heavy atom. The van der Waals surface area contributed by atoms with Gasteiger partial charge in [-0.05, 0) is 63.4 Å². The third-order valence-electron chi connectivity index (χ3n) is 6.25. The van der Waals surface area contributed by atoms with E-state index in [9.17, 15) is 4.79 Å². The Bertz CT molecular complexity index is 1120. The van der Waals surface area contributed by atoms with Gasteiger partial charge in [0, 0.05) is 23.7 Å². The maximum atomic E-state index is 13.2. The minimum absolute atomic E-state index is 0.189. The summed E-state index contributed by atoms with van der Waals surface area (Å²) in [6, 6.07) is 17.9. The summed E-state index contributed by atoms with van der Waals surface area (Å²) in [6.07, 6.45) is 5.53. The average Bonchev–Trinajstić information content (AvgIpc) is 2.87. The number of nitrogens with zero attached hydrogens (tertiary/aromatic N) is 3. The molecule has 184 valence electrons. The van der Waals surface area contributed by atoms with Gasteiger partial charge in [-0.3, -0.25) is 9.69 Å². The van der Waals surface area contributed by atoms with E-state index in [2.05, 4.69) is 32.3 Å². The molecule has 0 saturated carbocycles. The van der Waals surface area contributed by atoms with Crippen LogP contribution in [0, 0.1) is 6.92 Å². The van der Waals surface area contributed by atoms with E-state index in [1.165, 1.54) is 24.8 Å². The summed E-state index contributed by atoms with van der Waals surface area (Å²) in [7, 11) is 0. The molecule has 1 aliphatic heterocycles. The molecule has 2 aromatic carbocycles. The van der Waals surface area contributed by atoms with E-state index < -0.39 is 0 Å². The zero-order valence-electron chi connectivity index (χ0n) is 20.3. The molecule has 0 atom stereocenters. The van der Waals surface area contributed by atoms with Crippen molar-refractivity contribution in [3.05, 3.63) is 76.4 Å². The zero-order chi connectivity index (χ0) is 24.5. The van der Waals surface area contributed by atoms with Crippen LogP contribution in [0.3, 0.4) is 0 Å². The van der Waals surface area contributed by atoms with Crippen LogP contribution in [-0.4, -0.2) is 53.6 Å². The van der Waals surface area contributed by atoms with E-state index in [0.29, 0.717) is 35.1 Å². The molecule has 7 heteroatoms. The van der Waals surface area contributed by atoms with Crippen molar-refractivity contribution in [2.75, 3.05) is 32.8 Å². The minimum atomic E-state index is -0.189. The van der Waals surface area contributed by atoms with Crippen molar-refractivity contribution in [1.82, 2.24) is 20.2 Å². The zero-order valence-corrected chi connectivity index (χ0v) is 21.1. The molecule has 2 heterocycles. The van der Waals surface area contributed by atoms with Gasteiger partial charge in [0.1, 0.15) is 6.61 Å². The molecule has 1 N–H and O–H groups in total. The second-order valence-electron chi connectivity index (χ2n) is 8.92. The lowest BCUT2D eigenvalue weighted by molar-refractivity contribution is 0.0952. The molecule has 3 aromatic rings. The number of nitrogens with one attached hydrogen (secondary N) is 1. The first kappa shape index (κ1) is 25.1. The van der Waals surface area contributed by atoms with E-state index in [4.69, 9.17) is 16.3 Å². The van der Waals surface area contributed by atoms with Gasteiger partial charge in [-0.2, -0.15) is 9.97 Å². The number of aryl methyl sites for hydroxylation is 2. The van der Waals surface area contributed by atoms with Crippen LogP contribution >= 0.6 is 11.6 Å². The lowest BCUT2D eigenvalue weighted by Gasteiger charge is -2.26. The molecular formula is C28H33ClN4O2. The number of hydrogen-bond acceptors (Lipinski definition) is 5. The maximum absolute atomic E-state index is 13.2. The SMILES string of the molecule is Cc1nc(OCCN2CCCCC2)nc(-c2cccc(Cl)c2)c1C(=O)NCCCc1ccccc1. The molecule has 35 heavy (non-hydrogen) atoms. The van der Waals surface area contributed by atoms with Crippen LogP contribution in [-0.2, 0) is 6.42 Å². The third-order valence-corrected chi connectivity index (χ3v) is 6.49. The highest BCUT2D eigenvalue weighted by atomic mass is 35.5. The number of piperidine rings is 1. The van der Waals surface area contributed by atoms with Crippen LogP contribution in [0.4, 0.5) is 0 Å². The number of aromatic nitrogens is 2. The average molecular weight is 493 g/mol. The Kier molecular flexibility index (Phi) is 9.09. The lowest BCUT2D eigenvalue weighted by atomic mass is 10.0. The molecule has 1 amide bonds. The number of carbonyl (C=O) groups excluding carboxylic acids is 1. The minimum Gasteiger partial charge on any atom is -0.462 e. The molecule has 4 rings (SSSR count). The molecule has 6 nitrogen and oxygen atoms in total. The number of ether oxygens (including phenoxy) is 1. The van der Waals surface area contributed by atoms with Crippen molar-refractivity contribution in [2.24, 2.45) is 0 Å². The van der Waals surface area contributed by atoms with Gasteiger partial charge < -0.3 is 10.1 Å². The number of amides is 1. The molecule has 0 bridgehead atoms. The fourth-order valence-corrected chi connectivity index (χ4v) is 4.60. The number of carbonyl (C=O) groups is 1. The summed E-state index contributed by atoms with van der Waals surface area (Å²) in [5.74, 6) is -0.189. The Morgan fingerprint density at radius 1 is 1.06 bits per heavy atom. The number of rotatable bonds is 10. The molecule has 0 radical (unpaired) electrons. The van der Waals surface area contributed by atoms with Crippen molar-refractivity contribution in [1.29, 1.82) is 0 Å². The fourth-order valence-electron chi connectivity index (χ4n) is 4.40. The van der Waals surface area contributed by atoms with Crippen molar-refractivity contribution in [3.63, 3.8) is 0 Å². The second-order valence-corrected chi connectivity index (χ2v) is 9.36. The Hall–Kier alpha value is -2.96. The van der Waals surface area contributed by atoms with Gasteiger partial charge in [0.05, 0.1) is 17.0 Å². The van der Waals surface area contributed by atoms with Gasteiger partial charge in [-0.25, -0.2) is 0 Å².